The summed E-state index contributed by atoms with van der Waals surface area (Å²) in [5.41, 5.74) is 7.61. The Kier molecular flexibility index (Phi) is 2.53. The Morgan fingerprint density at radius 1 is 1.45 bits per heavy atom. The summed E-state index contributed by atoms with van der Waals surface area (Å²) in [6.45, 7) is 0.745. The van der Waals surface area contributed by atoms with Gasteiger partial charge in [0.05, 0.1) is 22.2 Å². The molecule has 1 fully saturated rings. The predicted octanol–water partition coefficient (Wildman–Crippen LogP) is 2.19. The van der Waals surface area contributed by atoms with Crippen molar-refractivity contribution in [3.05, 3.63) is 40.7 Å². The van der Waals surface area contributed by atoms with Crippen molar-refractivity contribution in [3.8, 4) is 0 Å². The molecule has 1 amide bonds. The topological polar surface area (TPSA) is 72.1 Å². The van der Waals surface area contributed by atoms with E-state index in [0.717, 1.165) is 25.1 Å². The van der Waals surface area contributed by atoms with Crippen LogP contribution in [0.5, 0.6) is 0 Å². The number of carbonyl (C=O) groups is 1. The van der Waals surface area contributed by atoms with Crippen molar-refractivity contribution in [1.29, 1.82) is 0 Å². The minimum Gasteiger partial charge on any atom is -0.375 e. The lowest BCUT2D eigenvalue weighted by Crippen LogP contribution is -2.45. The number of rotatable bonds is 1. The molecule has 0 spiro atoms. The summed E-state index contributed by atoms with van der Waals surface area (Å²) >= 11 is 1.53. The summed E-state index contributed by atoms with van der Waals surface area (Å²) in [4.78, 5) is 24.3. The molecule has 20 heavy (non-hydrogen) atoms. The minimum absolute atomic E-state index is 0.0606. The number of amides is 1. The fraction of sp³-hybridized carbons (Fsp3) is 0.357. The zero-order valence-corrected chi connectivity index (χ0v) is 11.6. The number of aromatic nitrogens is 2. The lowest BCUT2D eigenvalue weighted by atomic mass is 9.81. The summed E-state index contributed by atoms with van der Waals surface area (Å²) in [7, 11) is 0. The highest BCUT2D eigenvalue weighted by Crippen LogP contribution is 2.49. The first-order valence-electron chi connectivity index (χ1n) is 6.71. The highest BCUT2D eigenvalue weighted by molar-refractivity contribution is 7.15. The van der Waals surface area contributed by atoms with Crippen LogP contribution in [-0.4, -0.2) is 27.3 Å². The van der Waals surface area contributed by atoms with Gasteiger partial charge in [-0.25, -0.2) is 4.98 Å². The van der Waals surface area contributed by atoms with Gasteiger partial charge in [-0.05, 0) is 25.0 Å². The van der Waals surface area contributed by atoms with Gasteiger partial charge in [0, 0.05) is 24.9 Å². The zero-order valence-electron chi connectivity index (χ0n) is 10.8. The van der Waals surface area contributed by atoms with Gasteiger partial charge >= 0.3 is 0 Å². The van der Waals surface area contributed by atoms with Crippen LogP contribution in [0.4, 0.5) is 5.13 Å². The Bertz CT molecular complexity index is 669. The van der Waals surface area contributed by atoms with E-state index >= 15 is 0 Å². The molecular weight excluding hydrogens is 272 g/mol. The summed E-state index contributed by atoms with van der Waals surface area (Å²) in [6, 6.07) is 3.75. The fourth-order valence-electron chi connectivity index (χ4n) is 3.24. The number of thiazole rings is 1. The maximum Gasteiger partial charge on any atom is 0.255 e. The third-order valence-corrected chi connectivity index (χ3v) is 5.14. The third-order valence-electron chi connectivity index (χ3n) is 4.14. The second kappa shape index (κ2) is 4.28. The summed E-state index contributed by atoms with van der Waals surface area (Å²) < 4.78 is 0. The van der Waals surface area contributed by atoms with E-state index in [2.05, 4.69) is 9.97 Å². The maximum absolute atomic E-state index is 12.6. The van der Waals surface area contributed by atoms with Gasteiger partial charge in [-0.3, -0.25) is 9.78 Å². The number of hydrogen-bond donors (Lipinski definition) is 1. The molecular formula is C14H14N4OS. The van der Waals surface area contributed by atoms with Crippen molar-refractivity contribution in [2.75, 3.05) is 12.3 Å². The van der Waals surface area contributed by atoms with Crippen LogP contribution in [-0.2, 0) is 0 Å². The van der Waals surface area contributed by atoms with Crippen LogP contribution in [0.3, 0.4) is 0 Å². The molecule has 102 valence electrons. The second-order valence-electron chi connectivity index (χ2n) is 5.29. The molecule has 2 unspecified atom stereocenters. The molecule has 2 aromatic heterocycles. The number of fused-ring (bicyclic) bond motifs is 2. The molecule has 5 nitrogen and oxygen atoms in total. The number of nitrogens with zero attached hydrogens (tertiary/aromatic N) is 3. The molecule has 1 aliphatic carbocycles. The third kappa shape index (κ3) is 1.64. The monoisotopic (exact) mass is 286 g/mol. The van der Waals surface area contributed by atoms with Gasteiger partial charge < -0.3 is 10.6 Å². The number of piperidine rings is 1. The fourth-order valence-corrected chi connectivity index (χ4v) is 4.31. The molecule has 6 heteroatoms. The molecule has 2 aromatic rings. The van der Waals surface area contributed by atoms with Gasteiger partial charge in [-0.1, -0.05) is 11.3 Å². The number of anilines is 1. The summed E-state index contributed by atoms with van der Waals surface area (Å²) in [5.74, 6) is 0.398. The first-order chi connectivity index (χ1) is 9.74. The minimum atomic E-state index is 0.0606. The average molecular weight is 286 g/mol. The Morgan fingerprint density at radius 3 is 3.15 bits per heavy atom. The molecule has 2 aliphatic heterocycles. The SMILES string of the molecule is Nc1nc2c(s1)C1CCC2CN1C(=O)c1cccnc1. The molecule has 4 heterocycles. The molecule has 1 saturated heterocycles. The van der Waals surface area contributed by atoms with Gasteiger partial charge in [0.25, 0.3) is 5.91 Å². The Balaban J connectivity index is 1.71. The Hall–Kier alpha value is -1.95. The van der Waals surface area contributed by atoms with Crippen LogP contribution in [0, 0.1) is 0 Å². The van der Waals surface area contributed by atoms with E-state index in [4.69, 9.17) is 5.73 Å². The molecule has 2 N–H and O–H groups in total. The van der Waals surface area contributed by atoms with Crippen molar-refractivity contribution >= 4 is 22.4 Å². The summed E-state index contributed by atoms with van der Waals surface area (Å²) in [6.07, 6.45) is 5.41. The highest BCUT2D eigenvalue weighted by Gasteiger charge is 2.43. The standard InChI is InChI=1S/C14H14N4OS/c15-14-17-11-9-3-4-10(12(11)20-14)18(7-9)13(19)8-2-1-5-16-6-8/h1-2,5-6,9-10H,3-4,7H2,(H2,15,17). The number of hydrogen-bond acceptors (Lipinski definition) is 5. The van der Waals surface area contributed by atoms with Gasteiger partial charge in [-0.2, -0.15) is 0 Å². The van der Waals surface area contributed by atoms with Crippen molar-refractivity contribution in [1.82, 2.24) is 14.9 Å². The molecule has 0 radical (unpaired) electrons. The highest BCUT2D eigenvalue weighted by atomic mass is 32.1. The predicted molar refractivity (Wildman–Crippen MR) is 76.5 cm³/mol. The molecule has 0 aromatic carbocycles. The number of pyridine rings is 1. The van der Waals surface area contributed by atoms with Gasteiger partial charge in [0.2, 0.25) is 0 Å². The largest absolute Gasteiger partial charge is 0.375 e. The summed E-state index contributed by atoms with van der Waals surface area (Å²) in [5, 5.41) is 0.613. The lowest BCUT2D eigenvalue weighted by molar-refractivity contribution is 0.0544. The van der Waals surface area contributed by atoms with E-state index < -0.39 is 0 Å². The second-order valence-corrected chi connectivity index (χ2v) is 6.35. The molecule has 0 saturated carbocycles. The quantitative estimate of drug-likeness (QED) is 0.872. The Labute approximate surface area is 120 Å². The van der Waals surface area contributed by atoms with Crippen LogP contribution in [0.2, 0.25) is 0 Å². The number of carbonyl (C=O) groups excluding carboxylic acids is 1. The van der Waals surface area contributed by atoms with E-state index in [0.29, 0.717) is 16.6 Å². The lowest BCUT2D eigenvalue weighted by Gasteiger charge is -2.44. The van der Waals surface area contributed by atoms with Gasteiger partial charge in [-0.15, -0.1) is 0 Å². The maximum atomic E-state index is 12.6. The van der Waals surface area contributed by atoms with Gasteiger partial charge in [0.1, 0.15) is 0 Å². The molecule has 2 bridgehead atoms. The van der Waals surface area contributed by atoms with Crippen LogP contribution in [0.15, 0.2) is 24.5 Å². The zero-order chi connectivity index (χ0) is 13.7. The van der Waals surface area contributed by atoms with Crippen LogP contribution in [0.1, 0.15) is 45.7 Å². The van der Waals surface area contributed by atoms with Crippen molar-refractivity contribution in [2.24, 2.45) is 0 Å². The van der Waals surface area contributed by atoms with Crippen LogP contribution >= 0.6 is 11.3 Å². The first-order valence-corrected chi connectivity index (χ1v) is 7.53. The van der Waals surface area contributed by atoms with E-state index in [-0.39, 0.29) is 11.9 Å². The van der Waals surface area contributed by atoms with Crippen molar-refractivity contribution in [2.45, 2.75) is 24.8 Å². The normalized spacial score (nSPS) is 23.7. The van der Waals surface area contributed by atoms with E-state index in [9.17, 15) is 4.79 Å². The van der Waals surface area contributed by atoms with Crippen LogP contribution < -0.4 is 5.73 Å². The van der Waals surface area contributed by atoms with Crippen molar-refractivity contribution in [3.63, 3.8) is 0 Å². The average Bonchev–Trinajstić information content (AvgIpc) is 2.91. The van der Waals surface area contributed by atoms with Crippen molar-refractivity contribution < 1.29 is 4.79 Å². The molecule has 5 rings (SSSR count). The van der Waals surface area contributed by atoms with E-state index in [1.54, 1.807) is 18.5 Å². The first kappa shape index (κ1) is 11.8. The smallest absolute Gasteiger partial charge is 0.255 e. The molecule has 3 aliphatic rings. The van der Waals surface area contributed by atoms with E-state index in [1.165, 1.54) is 16.2 Å². The van der Waals surface area contributed by atoms with E-state index in [1.807, 2.05) is 11.0 Å². The molecule has 2 atom stereocenters. The van der Waals surface area contributed by atoms with Crippen LogP contribution in [0.25, 0.3) is 0 Å². The van der Waals surface area contributed by atoms with Gasteiger partial charge in [0.15, 0.2) is 5.13 Å². The Morgan fingerprint density at radius 2 is 2.35 bits per heavy atom. The number of nitrogen functional groups attached to an aromatic ring is 1. The number of nitrogens with two attached hydrogens (primary N) is 1.